The lowest BCUT2D eigenvalue weighted by molar-refractivity contribution is -0.0622. The van der Waals surface area contributed by atoms with Crippen LogP contribution in [0.5, 0.6) is 0 Å². The average molecular weight is 309 g/mol. The van der Waals surface area contributed by atoms with E-state index in [1.807, 2.05) is 0 Å². The Kier molecular flexibility index (Phi) is 3.79. The molecule has 22 heavy (non-hydrogen) atoms. The molecular weight excluding hydrogens is 294 g/mol. The number of aromatic amines is 1. The van der Waals surface area contributed by atoms with Gasteiger partial charge in [0.25, 0.3) is 0 Å². The molecule has 0 amide bonds. The van der Waals surface area contributed by atoms with Crippen LogP contribution in [0.4, 0.5) is 0 Å². The minimum Gasteiger partial charge on any atom is -0.394 e. The number of ether oxygens (including phenoxy) is 2. The number of fused-ring (bicyclic) bond motifs is 1. The lowest BCUT2D eigenvalue weighted by atomic mass is 10.1. The van der Waals surface area contributed by atoms with Gasteiger partial charge in [-0.25, -0.2) is 4.79 Å². The molecule has 1 saturated heterocycles. The van der Waals surface area contributed by atoms with Crippen molar-refractivity contribution in [3.63, 3.8) is 0 Å². The Balaban J connectivity index is 2.09. The molecule has 1 aliphatic rings. The van der Waals surface area contributed by atoms with Crippen molar-refractivity contribution in [1.29, 1.82) is 0 Å². The average Bonchev–Trinajstić information content (AvgIpc) is 2.82. The molecule has 0 spiro atoms. The van der Waals surface area contributed by atoms with E-state index in [9.17, 15) is 19.8 Å². The molecule has 2 aromatic heterocycles. The fourth-order valence-corrected chi connectivity index (χ4v) is 2.56. The molecule has 4 atom stereocenters. The molecule has 2 aromatic rings. The van der Waals surface area contributed by atoms with Crippen molar-refractivity contribution in [2.45, 2.75) is 24.5 Å². The monoisotopic (exact) mass is 309 g/mol. The summed E-state index contributed by atoms with van der Waals surface area (Å²) in [6.07, 6.45) is -2.21. The van der Waals surface area contributed by atoms with E-state index in [1.165, 1.54) is 30.0 Å². The van der Waals surface area contributed by atoms with Gasteiger partial charge in [-0.15, -0.1) is 0 Å². The molecular formula is C13H15N3O6. The van der Waals surface area contributed by atoms with Gasteiger partial charge in [0.05, 0.1) is 6.61 Å². The number of hydrogen-bond donors (Lipinski definition) is 3. The third-order valence-electron chi connectivity index (χ3n) is 3.67. The molecule has 0 saturated carbocycles. The number of hydrogen-bond acceptors (Lipinski definition) is 7. The molecule has 9 heteroatoms. The Labute approximate surface area is 123 Å². The zero-order valence-electron chi connectivity index (χ0n) is 11.7. The standard InChI is InChI=1S/C13H15N3O6/c1-21-10-9(19)7(5-17)22-12(10)16-4-6-2-3-8(18)14-11(6)15-13(16)20/h2-4,7,9-10,12,17,19H,5H2,1H3,(H,14,15,18,20)/t7-,9-,10-,12-/m1/s1. The van der Waals surface area contributed by atoms with Crippen molar-refractivity contribution in [3.8, 4) is 0 Å². The first-order chi connectivity index (χ1) is 10.5. The number of aliphatic hydroxyl groups is 2. The van der Waals surface area contributed by atoms with Crippen molar-refractivity contribution < 1.29 is 19.7 Å². The maximum Gasteiger partial charge on any atom is 0.351 e. The summed E-state index contributed by atoms with van der Waals surface area (Å²) < 4.78 is 11.8. The molecule has 0 aromatic carbocycles. The molecule has 118 valence electrons. The van der Waals surface area contributed by atoms with Crippen LogP contribution in [0.15, 0.2) is 27.9 Å². The highest BCUT2D eigenvalue weighted by Gasteiger charge is 2.45. The minimum absolute atomic E-state index is 0.167. The molecule has 1 fully saturated rings. The van der Waals surface area contributed by atoms with Gasteiger partial charge in [0.2, 0.25) is 5.56 Å². The number of rotatable bonds is 3. The third-order valence-corrected chi connectivity index (χ3v) is 3.67. The quantitative estimate of drug-likeness (QED) is 0.620. The molecule has 0 unspecified atom stereocenters. The first-order valence-electron chi connectivity index (χ1n) is 6.64. The number of methoxy groups -OCH3 is 1. The number of nitrogens with one attached hydrogen (secondary N) is 1. The topological polar surface area (TPSA) is 127 Å². The number of H-pyrrole nitrogens is 1. The van der Waals surface area contributed by atoms with E-state index >= 15 is 0 Å². The molecule has 0 aliphatic carbocycles. The SMILES string of the molecule is CO[C@@H]1[C@H](O)[C@@H](CO)O[C@H]1n1cc2ccc(=O)[nH]c2nc1=O. The first kappa shape index (κ1) is 14.9. The van der Waals surface area contributed by atoms with Crippen LogP contribution < -0.4 is 11.2 Å². The van der Waals surface area contributed by atoms with Gasteiger partial charge in [0.15, 0.2) is 6.23 Å². The van der Waals surface area contributed by atoms with Gasteiger partial charge in [0.1, 0.15) is 24.0 Å². The molecule has 0 radical (unpaired) electrons. The van der Waals surface area contributed by atoms with Crippen LogP contribution in [0.2, 0.25) is 0 Å². The van der Waals surface area contributed by atoms with E-state index in [-0.39, 0.29) is 11.2 Å². The Morgan fingerprint density at radius 2 is 2.23 bits per heavy atom. The Bertz CT molecular complexity index is 800. The van der Waals surface area contributed by atoms with Crippen molar-refractivity contribution in [2.24, 2.45) is 0 Å². The summed E-state index contributed by atoms with van der Waals surface area (Å²) in [6.45, 7) is -0.402. The molecule has 0 bridgehead atoms. The van der Waals surface area contributed by atoms with Crippen LogP contribution in [0, 0.1) is 0 Å². The van der Waals surface area contributed by atoms with Crippen LogP contribution in [0.25, 0.3) is 11.0 Å². The summed E-state index contributed by atoms with van der Waals surface area (Å²) >= 11 is 0. The molecule has 3 N–H and O–H groups in total. The normalized spacial score (nSPS) is 28.3. The second-order valence-corrected chi connectivity index (χ2v) is 5.00. The summed E-state index contributed by atoms with van der Waals surface area (Å²) in [5.41, 5.74) is -0.855. The zero-order valence-corrected chi connectivity index (χ0v) is 11.7. The molecule has 3 heterocycles. The van der Waals surface area contributed by atoms with Crippen LogP contribution in [0.3, 0.4) is 0 Å². The highest BCUT2D eigenvalue weighted by molar-refractivity contribution is 5.72. The van der Waals surface area contributed by atoms with Gasteiger partial charge in [0, 0.05) is 24.8 Å². The van der Waals surface area contributed by atoms with Crippen LogP contribution >= 0.6 is 0 Å². The Morgan fingerprint density at radius 1 is 1.45 bits per heavy atom. The second kappa shape index (κ2) is 5.61. The van der Waals surface area contributed by atoms with E-state index in [0.717, 1.165) is 0 Å². The van der Waals surface area contributed by atoms with Crippen LogP contribution in [-0.2, 0) is 9.47 Å². The summed E-state index contributed by atoms with van der Waals surface area (Å²) in [7, 11) is 1.38. The number of aliphatic hydroxyl groups excluding tert-OH is 2. The van der Waals surface area contributed by atoms with E-state index in [4.69, 9.17) is 9.47 Å². The maximum atomic E-state index is 12.1. The number of aromatic nitrogens is 3. The Morgan fingerprint density at radius 3 is 2.91 bits per heavy atom. The lowest BCUT2D eigenvalue weighted by Crippen LogP contribution is -2.37. The third kappa shape index (κ3) is 2.33. The smallest absolute Gasteiger partial charge is 0.351 e. The predicted octanol–water partition coefficient (Wildman–Crippen LogP) is -1.65. The van der Waals surface area contributed by atoms with E-state index in [0.29, 0.717) is 5.39 Å². The predicted molar refractivity (Wildman–Crippen MR) is 74.4 cm³/mol. The summed E-state index contributed by atoms with van der Waals surface area (Å²) in [6, 6.07) is 2.83. The number of nitrogens with zero attached hydrogens (tertiary/aromatic N) is 2. The van der Waals surface area contributed by atoms with Gasteiger partial charge in [-0.1, -0.05) is 0 Å². The molecule has 1 aliphatic heterocycles. The van der Waals surface area contributed by atoms with Gasteiger partial charge in [-0.2, -0.15) is 4.98 Å². The largest absolute Gasteiger partial charge is 0.394 e. The van der Waals surface area contributed by atoms with Gasteiger partial charge >= 0.3 is 5.69 Å². The van der Waals surface area contributed by atoms with Crippen molar-refractivity contribution in [2.75, 3.05) is 13.7 Å². The van der Waals surface area contributed by atoms with Gasteiger partial charge in [-0.05, 0) is 6.07 Å². The van der Waals surface area contributed by atoms with Crippen molar-refractivity contribution in [3.05, 3.63) is 39.2 Å². The minimum atomic E-state index is -1.07. The zero-order chi connectivity index (χ0) is 15.9. The summed E-state index contributed by atoms with van der Waals surface area (Å²) in [5.74, 6) is 0. The van der Waals surface area contributed by atoms with E-state index < -0.39 is 36.8 Å². The molecule has 9 nitrogen and oxygen atoms in total. The maximum absolute atomic E-state index is 12.1. The lowest BCUT2D eigenvalue weighted by Gasteiger charge is -2.20. The van der Waals surface area contributed by atoms with E-state index in [1.54, 1.807) is 0 Å². The number of pyridine rings is 1. The Hall–Kier alpha value is -2.07. The molecule has 3 rings (SSSR count). The first-order valence-corrected chi connectivity index (χ1v) is 6.64. The fraction of sp³-hybridized carbons (Fsp3) is 0.462. The van der Waals surface area contributed by atoms with Gasteiger partial charge < -0.3 is 24.7 Å². The van der Waals surface area contributed by atoms with Crippen molar-refractivity contribution >= 4 is 11.0 Å². The highest BCUT2D eigenvalue weighted by Crippen LogP contribution is 2.30. The summed E-state index contributed by atoms with van der Waals surface area (Å²) in [5, 5.41) is 19.8. The fourth-order valence-electron chi connectivity index (χ4n) is 2.56. The van der Waals surface area contributed by atoms with Crippen LogP contribution in [0.1, 0.15) is 6.23 Å². The van der Waals surface area contributed by atoms with Gasteiger partial charge in [-0.3, -0.25) is 9.36 Å². The highest BCUT2D eigenvalue weighted by atomic mass is 16.6. The van der Waals surface area contributed by atoms with E-state index in [2.05, 4.69) is 9.97 Å². The van der Waals surface area contributed by atoms with Crippen molar-refractivity contribution in [1.82, 2.24) is 14.5 Å². The summed E-state index contributed by atoms with van der Waals surface area (Å²) in [4.78, 5) is 29.7. The van der Waals surface area contributed by atoms with Crippen LogP contribution in [-0.4, -0.2) is 56.8 Å². The second-order valence-electron chi connectivity index (χ2n) is 5.00.